The molecule has 2 rings (SSSR count). The Morgan fingerprint density at radius 1 is 1.04 bits per heavy atom. The standard InChI is InChI=1S/C13H10N4O8/c1-15-11(6-10(14-15)13(19)24-2)25-12(18)7-3-8(16(20)21)5-9(4-7)17(22)23/h3-6H,1-2H3. The molecular formula is C13H10N4O8. The summed E-state index contributed by atoms with van der Waals surface area (Å²) in [5.74, 6) is -2.00. The van der Waals surface area contributed by atoms with Crippen LogP contribution in [-0.2, 0) is 11.8 Å². The van der Waals surface area contributed by atoms with Gasteiger partial charge < -0.3 is 9.47 Å². The Balaban J connectivity index is 2.35. The van der Waals surface area contributed by atoms with Crippen molar-refractivity contribution >= 4 is 23.3 Å². The first-order valence-electron chi connectivity index (χ1n) is 6.51. The molecule has 1 heterocycles. The van der Waals surface area contributed by atoms with E-state index < -0.39 is 38.7 Å². The summed E-state index contributed by atoms with van der Waals surface area (Å²) in [5.41, 5.74) is -1.80. The molecule has 12 heteroatoms. The predicted molar refractivity (Wildman–Crippen MR) is 79.3 cm³/mol. The number of carbonyl (C=O) groups excluding carboxylic acids is 2. The number of methoxy groups -OCH3 is 1. The third kappa shape index (κ3) is 3.74. The lowest BCUT2D eigenvalue weighted by atomic mass is 10.2. The van der Waals surface area contributed by atoms with Gasteiger partial charge in [-0.15, -0.1) is 0 Å². The predicted octanol–water partition coefficient (Wildman–Crippen LogP) is 1.24. The quantitative estimate of drug-likeness (QED) is 0.439. The fraction of sp³-hybridized carbons (Fsp3) is 0.154. The van der Waals surface area contributed by atoms with Gasteiger partial charge in [-0.25, -0.2) is 14.3 Å². The van der Waals surface area contributed by atoms with E-state index in [-0.39, 0.29) is 11.6 Å². The van der Waals surface area contributed by atoms with Crippen molar-refractivity contribution in [2.45, 2.75) is 0 Å². The number of aromatic nitrogens is 2. The lowest BCUT2D eigenvalue weighted by Crippen LogP contribution is -2.12. The summed E-state index contributed by atoms with van der Waals surface area (Å²) >= 11 is 0. The Morgan fingerprint density at radius 2 is 1.60 bits per heavy atom. The summed E-state index contributed by atoms with van der Waals surface area (Å²) in [4.78, 5) is 43.5. The Hall–Kier alpha value is -3.83. The third-order valence-electron chi connectivity index (χ3n) is 2.99. The van der Waals surface area contributed by atoms with E-state index in [1.807, 2.05) is 0 Å². The third-order valence-corrected chi connectivity index (χ3v) is 2.99. The van der Waals surface area contributed by atoms with Crippen molar-refractivity contribution in [1.82, 2.24) is 9.78 Å². The van der Waals surface area contributed by atoms with Crippen LogP contribution in [0.15, 0.2) is 24.3 Å². The number of hydrogen-bond acceptors (Lipinski definition) is 9. The molecule has 0 amide bonds. The Kier molecular flexibility index (Phi) is 4.72. The van der Waals surface area contributed by atoms with Crippen LogP contribution < -0.4 is 4.74 Å². The molecule has 0 spiro atoms. The molecule has 130 valence electrons. The van der Waals surface area contributed by atoms with Gasteiger partial charge in [0.2, 0.25) is 5.88 Å². The lowest BCUT2D eigenvalue weighted by Gasteiger charge is -2.04. The number of nitrogens with zero attached hydrogens (tertiary/aromatic N) is 4. The maximum absolute atomic E-state index is 12.1. The first-order chi connectivity index (χ1) is 11.7. The zero-order valence-electron chi connectivity index (χ0n) is 12.9. The molecule has 0 unspecified atom stereocenters. The molecule has 0 aliphatic rings. The number of non-ortho nitro benzene ring substituents is 2. The molecule has 0 radical (unpaired) electrons. The number of nitro groups is 2. The van der Waals surface area contributed by atoms with Gasteiger partial charge in [0.25, 0.3) is 11.4 Å². The first-order valence-corrected chi connectivity index (χ1v) is 6.51. The van der Waals surface area contributed by atoms with Crippen LogP contribution in [0.25, 0.3) is 0 Å². The molecule has 0 aliphatic heterocycles. The molecule has 0 saturated heterocycles. The summed E-state index contributed by atoms with van der Waals surface area (Å²) in [6.07, 6.45) is 0. The molecule has 12 nitrogen and oxygen atoms in total. The Labute approximate surface area is 138 Å². The SMILES string of the molecule is COC(=O)c1cc(OC(=O)c2cc([N+](=O)[O-])cc([N+](=O)[O-])c2)n(C)n1. The number of hydrogen-bond donors (Lipinski definition) is 0. The molecule has 0 bridgehead atoms. The van der Waals surface area contributed by atoms with E-state index in [1.165, 1.54) is 7.05 Å². The highest BCUT2D eigenvalue weighted by Crippen LogP contribution is 2.24. The van der Waals surface area contributed by atoms with E-state index in [1.54, 1.807) is 0 Å². The maximum Gasteiger partial charge on any atom is 0.358 e. The topological polar surface area (TPSA) is 157 Å². The maximum atomic E-state index is 12.1. The Bertz CT molecular complexity index is 856. The first kappa shape index (κ1) is 17.5. The monoisotopic (exact) mass is 350 g/mol. The average Bonchev–Trinajstić information content (AvgIpc) is 2.94. The van der Waals surface area contributed by atoms with Gasteiger partial charge in [0.15, 0.2) is 5.69 Å². The molecule has 0 N–H and O–H groups in total. The van der Waals surface area contributed by atoms with Crippen LogP contribution in [0, 0.1) is 20.2 Å². The summed E-state index contributed by atoms with van der Waals surface area (Å²) in [6.45, 7) is 0. The van der Waals surface area contributed by atoms with Gasteiger partial charge >= 0.3 is 11.9 Å². The largest absolute Gasteiger partial charge is 0.464 e. The molecule has 2 aromatic rings. The summed E-state index contributed by atoms with van der Waals surface area (Å²) in [6, 6.07) is 3.52. The van der Waals surface area contributed by atoms with Crippen LogP contribution >= 0.6 is 0 Å². The highest BCUT2D eigenvalue weighted by atomic mass is 16.6. The van der Waals surface area contributed by atoms with E-state index in [0.717, 1.165) is 36.1 Å². The normalized spacial score (nSPS) is 10.2. The van der Waals surface area contributed by atoms with Gasteiger partial charge in [-0.1, -0.05) is 0 Å². The van der Waals surface area contributed by atoms with Crippen molar-refractivity contribution < 1.29 is 28.9 Å². The van der Waals surface area contributed by atoms with Crippen LogP contribution in [0.1, 0.15) is 20.8 Å². The number of carbonyl (C=O) groups is 2. The molecule has 1 aromatic carbocycles. The van der Waals surface area contributed by atoms with Crippen molar-refractivity contribution in [3.05, 3.63) is 55.8 Å². The number of aryl methyl sites for hydroxylation is 1. The summed E-state index contributed by atoms with van der Waals surface area (Å²) in [7, 11) is 2.52. The highest BCUT2D eigenvalue weighted by molar-refractivity contribution is 5.93. The van der Waals surface area contributed by atoms with Crippen LogP contribution in [0.3, 0.4) is 0 Å². The van der Waals surface area contributed by atoms with Crippen molar-refractivity contribution in [2.75, 3.05) is 7.11 Å². The zero-order chi connectivity index (χ0) is 18.7. The summed E-state index contributed by atoms with van der Waals surface area (Å²) < 4.78 is 10.5. The van der Waals surface area contributed by atoms with Crippen LogP contribution in [-0.4, -0.2) is 38.7 Å². The number of nitro benzene ring substituents is 2. The molecule has 0 fully saturated rings. The van der Waals surface area contributed by atoms with Crippen molar-refractivity contribution in [3.63, 3.8) is 0 Å². The molecule has 0 atom stereocenters. The number of rotatable bonds is 5. The minimum Gasteiger partial charge on any atom is -0.464 e. The fourth-order valence-electron chi connectivity index (χ4n) is 1.83. The molecule has 0 saturated carbocycles. The minimum atomic E-state index is -1.09. The van der Waals surface area contributed by atoms with Gasteiger partial charge in [0, 0.05) is 25.2 Å². The molecule has 1 aromatic heterocycles. The van der Waals surface area contributed by atoms with Gasteiger partial charge in [0.05, 0.1) is 28.6 Å². The van der Waals surface area contributed by atoms with Crippen molar-refractivity contribution in [1.29, 1.82) is 0 Å². The average molecular weight is 350 g/mol. The van der Waals surface area contributed by atoms with E-state index >= 15 is 0 Å². The van der Waals surface area contributed by atoms with E-state index in [0.29, 0.717) is 0 Å². The van der Waals surface area contributed by atoms with Gasteiger partial charge in [-0.05, 0) is 0 Å². The van der Waals surface area contributed by atoms with E-state index in [4.69, 9.17) is 4.74 Å². The van der Waals surface area contributed by atoms with Gasteiger partial charge in [-0.3, -0.25) is 20.2 Å². The molecule has 0 aliphatic carbocycles. The fourth-order valence-corrected chi connectivity index (χ4v) is 1.83. The number of ether oxygens (including phenoxy) is 2. The van der Waals surface area contributed by atoms with E-state index in [2.05, 4.69) is 9.84 Å². The van der Waals surface area contributed by atoms with Gasteiger partial charge in [0.1, 0.15) is 0 Å². The van der Waals surface area contributed by atoms with Crippen LogP contribution in [0.2, 0.25) is 0 Å². The second-order valence-corrected chi connectivity index (χ2v) is 4.62. The van der Waals surface area contributed by atoms with Gasteiger partial charge in [-0.2, -0.15) is 5.10 Å². The molecular weight excluding hydrogens is 340 g/mol. The van der Waals surface area contributed by atoms with Crippen LogP contribution in [0.4, 0.5) is 11.4 Å². The lowest BCUT2D eigenvalue weighted by molar-refractivity contribution is -0.394. The van der Waals surface area contributed by atoms with Crippen molar-refractivity contribution in [2.24, 2.45) is 7.05 Å². The zero-order valence-corrected chi connectivity index (χ0v) is 12.9. The minimum absolute atomic E-state index is 0.127. The second kappa shape index (κ2) is 6.74. The van der Waals surface area contributed by atoms with E-state index in [9.17, 15) is 29.8 Å². The number of esters is 2. The summed E-state index contributed by atoms with van der Waals surface area (Å²) in [5, 5.41) is 25.4. The smallest absolute Gasteiger partial charge is 0.358 e. The second-order valence-electron chi connectivity index (χ2n) is 4.62. The number of benzene rings is 1. The Morgan fingerprint density at radius 3 is 2.08 bits per heavy atom. The molecule has 25 heavy (non-hydrogen) atoms. The van der Waals surface area contributed by atoms with Crippen LogP contribution in [0.5, 0.6) is 5.88 Å². The highest BCUT2D eigenvalue weighted by Gasteiger charge is 2.23. The van der Waals surface area contributed by atoms with Crippen molar-refractivity contribution in [3.8, 4) is 5.88 Å².